The summed E-state index contributed by atoms with van der Waals surface area (Å²) in [5.41, 5.74) is 6.40. The molecule has 0 fully saturated rings. The van der Waals surface area contributed by atoms with E-state index in [1.54, 1.807) is 0 Å². The number of hydrogen-bond acceptors (Lipinski definition) is 4. The minimum atomic E-state index is -0.542. The summed E-state index contributed by atoms with van der Waals surface area (Å²) in [4.78, 5) is 22.3. The zero-order valence-electron chi connectivity index (χ0n) is 10.5. The Morgan fingerprint density at radius 2 is 2.00 bits per heavy atom. The standard InChI is InChI=1S/C13H9BrClN3O3/c14-11-2-1-10(18(20)21)6-12(11)17-13(19)7-3-8(15)5-9(16)4-7/h1-6H,16H2,(H,17,19). The molecule has 2 rings (SSSR count). The third kappa shape index (κ3) is 3.71. The average molecular weight is 371 g/mol. The molecule has 0 atom stereocenters. The van der Waals surface area contributed by atoms with Crippen LogP contribution in [0.3, 0.4) is 0 Å². The van der Waals surface area contributed by atoms with E-state index in [9.17, 15) is 14.9 Å². The number of carbonyl (C=O) groups is 1. The second-order valence-corrected chi connectivity index (χ2v) is 5.44. The van der Waals surface area contributed by atoms with Crippen LogP contribution in [0.25, 0.3) is 0 Å². The van der Waals surface area contributed by atoms with Crippen LogP contribution in [0, 0.1) is 10.1 Å². The van der Waals surface area contributed by atoms with Gasteiger partial charge in [0.2, 0.25) is 0 Å². The highest BCUT2D eigenvalue weighted by atomic mass is 79.9. The number of nitro benzene ring substituents is 1. The van der Waals surface area contributed by atoms with Crippen LogP contribution in [-0.2, 0) is 0 Å². The number of nitrogens with zero attached hydrogens (tertiary/aromatic N) is 1. The average Bonchev–Trinajstić information content (AvgIpc) is 2.39. The maximum atomic E-state index is 12.1. The molecule has 6 nitrogen and oxygen atoms in total. The lowest BCUT2D eigenvalue weighted by Gasteiger charge is -2.08. The predicted octanol–water partition coefficient (Wildman–Crippen LogP) is 3.85. The lowest BCUT2D eigenvalue weighted by atomic mass is 10.2. The number of carbonyl (C=O) groups excluding carboxylic acids is 1. The summed E-state index contributed by atoms with van der Waals surface area (Å²) >= 11 is 9.06. The Hall–Kier alpha value is -2.12. The van der Waals surface area contributed by atoms with E-state index < -0.39 is 10.8 Å². The molecule has 0 unspecified atom stereocenters. The molecule has 2 aromatic rings. The van der Waals surface area contributed by atoms with Crippen LogP contribution in [-0.4, -0.2) is 10.8 Å². The van der Waals surface area contributed by atoms with Gasteiger partial charge < -0.3 is 11.1 Å². The van der Waals surface area contributed by atoms with Gasteiger partial charge in [0.15, 0.2) is 0 Å². The first-order chi connectivity index (χ1) is 9.86. The van der Waals surface area contributed by atoms with Crippen LogP contribution in [0.15, 0.2) is 40.9 Å². The Morgan fingerprint density at radius 1 is 1.29 bits per heavy atom. The van der Waals surface area contributed by atoms with Gasteiger partial charge in [-0.1, -0.05) is 11.6 Å². The maximum Gasteiger partial charge on any atom is 0.271 e. The van der Waals surface area contributed by atoms with Crippen molar-refractivity contribution in [1.82, 2.24) is 0 Å². The largest absolute Gasteiger partial charge is 0.399 e. The van der Waals surface area contributed by atoms with Gasteiger partial charge in [0.1, 0.15) is 0 Å². The molecule has 0 aromatic heterocycles. The molecular formula is C13H9BrClN3O3. The molecule has 0 aliphatic carbocycles. The lowest BCUT2D eigenvalue weighted by Crippen LogP contribution is -2.13. The minimum Gasteiger partial charge on any atom is -0.399 e. The van der Waals surface area contributed by atoms with Gasteiger partial charge in [0.25, 0.3) is 11.6 Å². The third-order valence-corrected chi connectivity index (χ3v) is 3.50. The van der Waals surface area contributed by atoms with Crippen molar-refractivity contribution in [2.45, 2.75) is 0 Å². The van der Waals surface area contributed by atoms with Crippen molar-refractivity contribution in [1.29, 1.82) is 0 Å². The van der Waals surface area contributed by atoms with E-state index in [0.29, 0.717) is 15.2 Å². The van der Waals surface area contributed by atoms with E-state index in [2.05, 4.69) is 21.2 Å². The minimum absolute atomic E-state index is 0.126. The van der Waals surface area contributed by atoms with Gasteiger partial charge in [-0.05, 0) is 40.2 Å². The SMILES string of the molecule is Nc1cc(Cl)cc(C(=O)Nc2cc([N+](=O)[O-])ccc2Br)c1. The topological polar surface area (TPSA) is 98.3 Å². The third-order valence-electron chi connectivity index (χ3n) is 2.59. The fraction of sp³-hybridized carbons (Fsp3) is 0. The Labute approximate surface area is 133 Å². The molecule has 2 aromatic carbocycles. The smallest absolute Gasteiger partial charge is 0.271 e. The van der Waals surface area contributed by atoms with Crippen LogP contribution in [0.1, 0.15) is 10.4 Å². The van der Waals surface area contributed by atoms with Crippen molar-refractivity contribution in [3.63, 3.8) is 0 Å². The van der Waals surface area contributed by atoms with Gasteiger partial charge in [0.05, 0.1) is 10.6 Å². The quantitative estimate of drug-likeness (QED) is 0.487. The maximum absolute atomic E-state index is 12.1. The molecule has 21 heavy (non-hydrogen) atoms. The van der Waals surface area contributed by atoms with Crippen LogP contribution >= 0.6 is 27.5 Å². The molecule has 0 bridgehead atoms. The van der Waals surface area contributed by atoms with Crippen molar-refractivity contribution in [3.8, 4) is 0 Å². The zero-order chi connectivity index (χ0) is 15.6. The van der Waals surface area contributed by atoms with E-state index in [-0.39, 0.29) is 16.9 Å². The second kappa shape index (κ2) is 6.11. The molecule has 0 aliphatic rings. The fourth-order valence-electron chi connectivity index (χ4n) is 1.66. The van der Waals surface area contributed by atoms with Gasteiger partial charge in [-0.15, -0.1) is 0 Å². The summed E-state index contributed by atoms with van der Waals surface area (Å²) in [5, 5.41) is 13.7. The molecule has 0 spiro atoms. The normalized spacial score (nSPS) is 10.2. The monoisotopic (exact) mass is 369 g/mol. The van der Waals surface area contributed by atoms with Crippen LogP contribution in [0.4, 0.5) is 17.1 Å². The number of amides is 1. The number of anilines is 2. The van der Waals surface area contributed by atoms with E-state index in [4.69, 9.17) is 17.3 Å². The highest BCUT2D eigenvalue weighted by Crippen LogP contribution is 2.28. The number of nitro groups is 1. The number of non-ortho nitro benzene ring substituents is 1. The van der Waals surface area contributed by atoms with E-state index in [0.717, 1.165) is 0 Å². The van der Waals surface area contributed by atoms with Crippen molar-refractivity contribution in [2.24, 2.45) is 0 Å². The van der Waals surface area contributed by atoms with Crippen LogP contribution < -0.4 is 11.1 Å². The number of rotatable bonds is 3. The van der Waals surface area contributed by atoms with Gasteiger partial charge in [-0.2, -0.15) is 0 Å². The van der Waals surface area contributed by atoms with Gasteiger partial charge in [0, 0.05) is 32.9 Å². The number of halogens is 2. The number of nitrogens with one attached hydrogen (secondary N) is 1. The van der Waals surface area contributed by atoms with Crippen molar-refractivity contribution >= 4 is 50.5 Å². The lowest BCUT2D eigenvalue weighted by molar-refractivity contribution is -0.384. The zero-order valence-corrected chi connectivity index (χ0v) is 12.8. The Bertz CT molecular complexity index is 716. The van der Waals surface area contributed by atoms with Gasteiger partial charge in [-0.3, -0.25) is 14.9 Å². The summed E-state index contributed by atoms with van der Waals surface area (Å²) in [5.74, 6) is -0.467. The summed E-state index contributed by atoms with van der Waals surface area (Å²) < 4.78 is 0.524. The molecule has 3 N–H and O–H groups in total. The highest BCUT2D eigenvalue weighted by molar-refractivity contribution is 9.10. The number of hydrogen-bond donors (Lipinski definition) is 2. The number of nitrogens with two attached hydrogens (primary N) is 1. The Morgan fingerprint density at radius 3 is 2.62 bits per heavy atom. The van der Waals surface area contributed by atoms with Crippen LogP contribution in [0.5, 0.6) is 0 Å². The summed E-state index contributed by atoms with van der Waals surface area (Å²) in [6, 6.07) is 8.51. The van der Waals surface area contributed by atoms with E-state index in [1.807, 2.05) is 0 Å². The molecule has 1 amide bonds. The molecule has 8 heteroatoms. The number of benzene rings is 2. The van der Waals surface area contributed by atoms with Crippen molar-refractivity contribution in [2.75, 3.05) is 11.1 Å². The summed E-state index contributed by atoms with van der Waals surface area (Å²) in [6.45, 7) is 0. The fourth-order valence-corrected chi connectivity index (χ4v) is 2.25. The molecule has 0 radical (unpaired) electrons. The van der Waals surface area contributed by atoms with Crippen molar-refractivity contribution in [3.05, 3.63) is 61.6 Å². The van der Waals surface area contributed by atoms with E-state index in [1.165, 1.54) is 36.4 Å². The first kappa shape index (κ1) is 15.3. The molecule has 0 saturated carbocycles. The molecule has 0 aliphatic heterocycles. The highest BCUT2D eigenvalue weighted by Gasteiger charge is 2.13. The molecule has 0 saturated heterocycles. The first-order valence-electron chi connectivity index (χ1n) is 5.68. The first-order valence-corrected chi connectivity index (χ1v) is 6.85. The van der Waals surface area contributed by atoms with Gasteiger partial charge in [-0.25, -0.2) is 0 Å². The second-order valence-electron chi connectivity index (χ2n) is 4.15. The molecule has 0 heterocycles. The van der Waals surface area contributed by atoms with Crippen LogP contribution in [0.2, 0.25) is 5.02 Å². The summed E-state index contributed by atoms with van der Waals surface area (Å²) in [6.07, 6.45) is 0. The number of nitrogen functional groups attached to an aromatic ring is 1. The van der Waals surface area contributed by atoms with E-state index >= 15 is 0 Å². The van der Waals surface area contributed by atoms with Crippen molar-refractivity contribution < 1.29 is 9.72 Å². The summed E-state index contributed by atoms with van der Waals surface area (Å²) in [7, 11) is 0. The Kier molecular flexibility index (Phi) is 4.44. The Balaban J connectivity index is 2.31. The molecule has 108 valence electrons. The predicted molar refractivity (Wildman–Crippen MR) is 84.6 cm³/mol. The van der Waals surface area contributed by atoms with Gasteiger partial charge >= 0.3 is 0 Å². The molecular weight excluding hydrogens is 362 g/mol.